The van der Waals surface area contributed by atoms with Gasteiger partial charge in [0.15, 0.2) is 0 Å². The molecule has 7 rings (SSSR count). The molecule has 7 bridgehead atoms. The average molecular weight is 601 g/mol. The molecule has 12 atom stereocenters. The number of methoxy groups -OCH3 is 3. The van der Waals surface area contributed by atoms with Crippen molar-refractivity contribution in [2.75, 3.05) is 39.7 Å². The molecule has 236 valence electrons. The first kappa shape index (κ1) is 29.6. The molecule has 11 heteroatoms. The quantitative estimate of drug-likeness (QED) is 0.338. The first-order valence-corrected chi connectivity index (χ1v) is 15.5. The van der Waals surface area contributed by atoms with Gasteiger partial charge in [0.25, 0.3) is 0 Å². The molecule has 6 fully saturated rings. The van der Waals surface area contributed by atoms with E-state index in [0.717, 1.165) is 0 Å². The molecule has 11 nitrogen and oxygen atoms in total. The van der Waals surface area contributed by atoms with Gasteiger partial charge in [-0.2, -0.15) is 0 Å². The fraction of sp³-hybridized carbons (Fsp3) is 0.750. The number of hydrogen-bond donors (Lipinski definition) is 4. The number of aliphatic hydroxyl groups is 3. The van der Waals surface area contributed by atoms with E-state index in [2.05, 4.69) is 10.2 Å². The minimum Gasteiger partial charge on any atom is -0.454 e. The molecule has 0 radical (unpaired) electrons. The monoisotopic (exact) mass is 600 g/mol. The number of hydrogen-bond acceptors (Lipinski definition) is 10. The van der Waals surface area contributed by atoms with Crippen molar-refractivity contribution in [3.05, 3.63) is 29.8 Å². The highest BCUT2D eigenvalue weighted by atomic mass is 16.6. The zero-order valence-electron chi connectivity index (χ0n) is 25.5. The number of amides is 1. The largest absolute Gasteiger partial charge is 0.454 e. The third-order valence-electron chi connectivity index (χ3n) is 12.7. The lowest BCUT2D eigenvalue weighted by molar-refractivity contribution is -0.369. The number of anilines is 1. The second-order valence-electron chi connectivity index (χ2n) is 13.9. The van der Waals surface area contributed by atoms with Crippen LogP contribution in [0.3, 0.4) is 0 Å². The lowest BCUT2D eigenvalue weighted by Crippen LogP contribution is -2.87. The van der Waals surface area contributed by atoms with E-state index in [1.165, 1.54) is 6.92 Å². The maximum atomic E-state index is 14.0. The Balaban J connectivity index is 1.41. The Morgan fingerprint density at radius 3 is 2.44 bits per heavy atom. The summed E-state index contributed by atoms with van der Waals surface area (Å²) in [6, 6.07) is 6.23. The van der Waals surface area contributed by atoms with Crippen molar-refractivity contribution in [1.82, 2.24) is 4.90 Å². The Kier molecular flexibility index (Phi) is 6.50. The smallest absolute Gasteiger partial charge is 0.340 e. The number of likely N-dealkylation sites (N-methyl/N-ethyl adjacent to an activating group) is 1. The molecule has 43 heavy (non-hydrogen) atoms. The minimum absolute atomic E-state index is 0.0723. The molecule has 1 amide bonds. The Labute approximate surface area is 251 Å². The fourth-order valence-electron chi connectivity index (χ4n) is 11.6. The Hall–Kier alpha value is -2.12. The number of piperidine rings is 1. The van der Waals surface area contributed by atoms with Gasteiger partial charge >= 0.3 is 5.97 Å². The molecule has 5 aliphatic carbocycles. The zero-order chi connectivity index (χ0) is 30.7. The fourth-order valence-corrected chi connectivity index (χ4v) is 11.6. The lowest BCUT2D eigenvalue weighted by atomic mass is 9.43. The van der Waals surface area contributed by atoms with Gasteiger partial charge in [-0.05, 0) is 44.4 Å². The van der Waals surface area contributed by atoms with E-state index < -0.39 is 63.9 Å². The predicted octanol–water partition coefficient (Wildman–Crippen LogP) is 1.34. The lowest BCUT2D eigenvalue weighted by Gasteiger charge is -2.71. The maximum absolute atomic E-state index is 14.0. The van der Waals surface area contributed by atoms with E-state index >= 15 is 0 Å². The number of nitrogens with zero attached hydrogens (tertiary/aromatic N) is 1. The van der Waals surface area contributed by atoms with Crippen molar-refractivity contribution in [2.45, 2.75) is 92.7 Å². The van der Waals surface area contributed by atoms with Crippen molar-refractivity contribution in [3.63, 3.8) is 0 Å². The van der Waals surface area contributed by atoms with Gasteiger partial charge in [0.1, 0.15) is 22.4 Å². The summed E-state index contributed by atoms with van der Waals surface area (Å²) in [7, 11) is 4.82. The van der Waals surface area contributed by atoms with Gasteiger partial charge < -0.3 is 39.6 Å². The highest BCUT2D eigenvalue weighted by Gasteiger charge is 2.93. The van der Waals surface area contributed by atoms with Crippen LogP contribution in [-0.4, -0.2) is 113 Å². The topological polar surface area (TPSA) is 147 Å². The summed E-state index contributed by atoms with van der Waals surface area (Å²) in [6.07, 6.45) is 0.245. The molecular weight excluding hydrogens is 556 g/mol. The van der Waals surface area contributed by atoms with Crippen molar-refractivity contribution >= 4 is 17.6 Å². The molecule has 1 aromatic rings. The molecule has 6 aliphatic rings. The highest BCUT2D eigenvalue weighted by molar-refractivity contribution is 6.00. The van der Waals surface area contributed by atoms with Crippen LogP contribution in [0.25, 0.3) is 0 Å². The molecule has 0 unspecified atom stereocenters. The molecule has 1 spiro atoms. The van der Waals surface area contributed by atoms with Gasteiger partial charge in [0.2, 0.25) is 5.91 Å². The molecule has 1 saturated heterocycles. The number of carbonyl (C=O) groups excluding carboxylic acids is 2. The number of benzene rings is 1. The van der Waals surface area contributed by atoms with Crippen molar-refractivity contribution in [3.8, 4) is 0 Å². The summed E-state index contributed by atoms with van der Waals surface area (Å²) in [4.78, 5) is 28.1. The molecule has 1 aliphatic heterocycles. The van der Waals surface area contributed by atoms with Crippen molar-refractivity contribution in [2.24, 2.45) is 23.2 Å². The van der Waals surface area contributed by atoms with Crippen LogP contribution >= 0.6 is 0 Å². The second kappa shape index (κ2) is 9.45. The number of likely N-dealkylation sites (tertiary alicyclic amines) is 1. The Bertz CT molecular complexity index is 1340. The van der Waals surface area contributed by atoms with E-state index in [4.69, 9.17) is 18.9 Å². The van der Waals surface area contributed by atoms with E-state index in [1.807, 2.05) is 6.92 Å². The number of nitrogens with one attached hydrogen (secondary N) is 1. The third kappa shape index (κ3) is 3.24. The molecule has 0 aromatic heterocycles. The maximum Gasteiger partial charge on any atom is 0.340 e. The van der Waals surface area contributed by atoms with Gasteiger partial charge in [-0.1, -0.05) is 19.1 Å². The zero-order valence-corrected chi connectivity index (χ0v) is 25.5. The highest BCUT2D eigenvalue weighted by Crippen LogP contribution is 2.80. The first-order valence-electron chi connectivity index (χ1n) is 15.5. The van der Waals surface area contributed by atoms with Crippen molar-refractivity contribution in [1.29, 1.82) is 0 Å². The number of para-hydroxylation sites is 1. The molecular formula is C32H44N2O9. The number of fused-ring (bicyclic) bond motifs is 2. The molecule has 4 N–H and O–H groups in total. The number of carbonyl (C=O) groups is 2. The van der Waals surface area contributed by atoms with E-state index in [1.54, 1.807) is 45.6 Å². The Morgan fingerprint density at radius 2 is 1.79 bits per heavy atom. The summed E-state index contributed by atoms with van der Waals surface area (Å²) in [5.74, 6) is -1.97. The van der Waals surface area contributed by atoms with E-state index in [9.17, 15) is 24.9 Å². The Morgan fingerprint density at radius 1 is 1.05 bits per heavy atom. The van der Waals surface area contributed by atoms with Crippen LogP contribution in [0.2, 0.25) is 0 Å². The summed E-state index contributed by atoms with van der Waals surface area (Å²) in [5.41, 5.74) is -6.72. The number of esters is 1. The number of ether oxygens (including phenoxy) is 4. The van der Waals surface area contributed by atoms with Gasteiger partial charge in [-0.15, -0.1) is 0 Å². The van der Waals surface area contributed by atoms with Gasteiger partial charge in [0, 0.05) is 64.4 Å². The van der Waals surface area contributed by atoms with Crippen LogP contribution in [0, 0.1) is 23.2 Å². The SMILES string of the molecule is CCN1C[C@]2(OC(=O)c3ccccc3NC(C)=O)CC[C@H](OC)[C@@]34[C@@H]2C[C@@](O)([C@@H]13)[C@@]1(O)C[C@H](OC)[C@H]2C[C@@H]4[C@]1(O)[C@H]2OC. The minimum atomic E-state index is -1.93. The average Bonchev–Trinajstić information content (AvgIpc) is 3.36. The standard InChI is InChI=1S/C32H44N2O9/c1-6-34-16-28(43-26(36)18-9-7-8-10-20(18)33-17(2)35)12-11-24(41-4)31-22-13-19-21(40-3)14-30(38,32(22,39)25(19)42-5)29(37,27(31)34)15-23(28)31/h7-10,19,21-25,27,37-39H,6,11-16H2,1-5H3,(H,33,35)/t19-,21+,22+,23-,24+,25+,27-,28-,29-,30+,31-,32+/m1/s1. The van der Waals surface area contributed by atoms with Crippen LogP contribution in [-0.2, 0) is 23.7 Å². The molecule has 1 heterocycles. The van der Waals surface area contributed by atoms with E-state index in [-0.39, 0.29) is 36.3 Å². The van der Waals surface area contributed by atoms with Crippen LogP contribution in [0.4, 0.5) is 5.69 Å². The van der Waals surface area contributed by atoms with Gasteiger partial charge in [-0.25, -0.2) is 4.79 Å². The first-order chi connectivity index (χ1) is 20.4. The van der Waals surface area contributed by atoms with Crippen LogP contribution in [0.15, 0.2) is 24.3 Å². The van der Waals surface area contributed by atoms with E-state index in [0.29, 0.717) is 38.0 Å². The third-order valence-corrected chi connectivity index (χ3v) is 12.7. The van der Waals surface area contributed by atoms with Crippen LogP contribution in [0.1, 0.15) is 56.3 Å². The summed E-state index contributed by atoms with van der Waals surface area (Å²) >= 11 is 0. The second-order valence-corrected chi connectivity index (χ2v) is 13.9. The van der Waals surface area contributed by atoms with Crippen molar-refractivity contribution < 1.29 is 43.9 Å². The summed E-state index contributed by atoms with van der Waals surface area (Å²) in [5, 5.41) is 41.5. The van der Waals surface area contributed by atoms with Gasteiger partial charge in [0.05, 0.1) is 35.6 Å². The predicted molar refractivity (Wildman–Crippen MR) is 153 cm³/mol. The van der Waals surface area contributed by atoms with Gasteiger partial charge in [-0.3, -0.25) is 9.69 Å². The number of rotatable bonds is 7. The summed E-state index contributed by atoms with van der Waals surface area (Å²) in [6.45, 7) is 4.30. The van der Waals surface area contributed by atoms with Crippen LogP contribution in [0.5, 0.6) is 0 Å². The normalized spacial score (nSPS) is 49.1. The summed E-state index contributed by atoms with van der Waals surface area (Å²) < 4.78 is 24.8. The molecule has 1 aromatic carbocycles. The molecule has 5 saturated carbocycles. The van der Waals surface area contributed by atoms with Crippen LogP contribution < -0.4 is 5.32 Å².